The summed E-state index contributed by atoms with van der Waals surface area (Å²) >= 11 is 1.37. The monoisotopic (exact) mass is 367 g/mol. The molecule has 0 saturated heterocycles. The van der Waals surface area contributed by atoms with Gasteiger partial charge < -0.3 is 9.88 Å². The van der Waals surface area contributed by atoms with Gasteiger partial charge in [-0.25, -0.2) is 4.98 Å². The molecule has 3 heterocycles. The van der Waals surface area contributed by atoms with Gasteiger partial charge in [0.2, 0.25) is 10.9 Å². The van der Waals surface area contributed by atoms with Gasteiger partial charge >= 0.3 is 0 Å². The molecule has 1 amide bonds. The number of aryl methyl sites for hydroxylation is 3. The van der Waals surface area contributed by atoms with E-state index >= 15 is 0 Å². The zero-order chi connectivity index (χ0) is 18.4. The van der Waals surface area contributed by atoms with Crippen LogP contribution in [0.5, 0.6) is 0 Å². The molecule has 0 spiro atoms. The third-order valence-electron chi connectivity index (χ3n) is 4.19. The maximum atomic E-state index is 12.8. The number of amides is 1. The molecule has 4 rings (SSSR count). The number of rotatable bonds is 3. The second kappa shape index (κ2) is 6.06. The number of hydrogen-bond acceptors (Lipinski definition) is 5. The highest BCUT2D eigenvalue weighted by Crippen LogP contribution is 2.18. The third kappa shape index (κ3) is 2.78. The quantitative estimate of drug-likeness (QED) is 0.604. The number of fused-ring (bicyclic) bond motifs is 2. The average molecular weight is 367 g/mol. The lowest BCUT2D eigenvalue weighted by Crippen LogP contribution is -2.23. The van der Waals surface area contributed by atoms with E-state index in [0.29, 0.717) is 16.0 Å². The summed E-state index contributed by atoms with van der Waals surface area (Å²) in [5.41, 5.74) is 3.37. The van der Waals surface area contributed by atoms with E-state index in [-0.39, 0.29) is 18.0 Å². The summed E-state index contributed by atoms with van der Waals surface area (Å²) in [7, 11) is 0. The highest BCUT2D eigenvalue weighted by molar-refractivity contribution is 7.16. The van der Waals surface area contributed by atoms with E-state index in [9.17, 15) is 9.59 Å². The zero-order valence-electron chi connectivity index (χ0n) is 14.6. The molecule has 0 atom stereocenters. The van der Waals surface area contributed by atoms with Gasteiger partial charge in [-0.2, -0.15) is 9.61 Å². The predicted molar refractivity (Wildman–Crippen MR) is 102 cm³/mol. The Labute approximate surface area is 152 Å². The summed E-state index contributed by atoms with van der Waals surface area (Å²) in [6.45, 7) is 5.72. The smallest absolute Gasteiger partial charge is 0.299 e. The van der Waals surface area contributed by atoms with Gasteiger partial charge in [0.1, 0.15) is 17.1 Å². The summed E-state index contributed by atoms with van der Waals surface area (Å²) in [5, 5.41) is 7.84. The molecular formula is C18H17N5O2S. The van der Waals surface area contributed by atoms with Crippen molar-refractivity contribution in [1.82, 2.24) is 19.2 Å². The third-order valence-corrected chi connectivity index (χ3v) is 5.02. The van der Waals surface area contributed by atoms with Gasteiger partial charge in [-0.1, -0.05) is 29.0 Å². The molecule has 1 aromatic carbocycles. The Hall–Kier alpha value is -3.00. The van der Waals surface area contributed by atoms with E-state index in [0.717, 1.165) is 22.0 Å². The average Bonchev–Trinajstić information content (AvgIpc) is 3.10. The molecule has 0 unspecified atom stereocenters. The van der Waals surface area contributed by atoms with E-state index in [1.807, 2.05) is 51.1 Å². The van der Waals surface area contributed by atoms with Crippen LogP contribution in [0.4, 0.5) is 5.69 Å². The van der Waals surface area contributed by atoms with Gasteiger partial charge in [-0.3, -0.25) is 9.59 Å². The zero-order valence-corrected chi connectivity index (χ0v) is 15.4. The Morgan fingerprint density at radius 2 is 1.92 bits per heavy atom. The number of nitrogens with zero attached hydrogens (tertiary/aromatic N) is 4. The van der Waals surface area contributed by atoms with Gasteiger partial charge in [-0.05, 0) is 39.0 Å². The van der Waals surface area contributed by atoms with Crippen molar-refractivity contribution in [2.45, 2.75) is 27.3 Å². The Morgan fingerprint density at radius 1 is 1.19 bits per heavy atom. The van der Waals surface area contributed by atoms with E-state index in [1.54, 1.807) is 4.57 Å². The van der Waals surface area contributed by atoms with E-state index in [4.69, 9.17) is 0 Å². The molecule has 0 aliphatic rings. The van der Waals surface area contributed by atoms with Gasteiger partial charge in [-0.15, -0.1) is 0 Å². The standard InChI is InChI=1S/C18H17N5O2S/c1-10-4-6-13(7-5-10)19-15(24)9-22-11(2)8-14-16(22)17(25)23-18(20-14)26-12(3)21-23/h4-8H,9H2,1-3H3,(H,19,24). The van der Waals surface area contributed by atoms with E-state index in [2.05, 4.69) is 15.4 Å². The second-order valence-electron chi connectivity index (χ2n) is 6.25. The van der Waals surface area contributed by atoms with Crippen LogP contribution >= 0.6 is 11.3 Å². The summed E-state index contributed by atoms with van der Waals surface area (Å²) in [6.07, 6.45) is 0. The van der Waals surface area contributed by atoms with Crippen molar-refractivity contribution < 1.29 is 4.79 Å². The molecule has 0 radical (unpaired) electrons. The molecule has 7 nitrogen and oxygen atoms in total. The maximum Gasteiger partial charge on any atom is 0.299 e. The summed E-state index contributed by atoms with van der Waals surface area (Å²) in [4.78, 5) is 30.4. The lowest BCUT2D eigenvalue weighted by Gasteiger charge is -2.09. The number of benzene rings is 1. The van der Waals surface area contributed by atoms with Crippen LogP contribution in [0.3, 0.4) is 0 Å². The van der Waals surface area contributed by atoms with Crippen LogP contribution in [-0.4, -0.2) is 25.1 Å². The summed E-state index contributed by atoms with van der Waals surface area (Å²) < 4.78 is 2.99. The van der Waals surface area contributed by atoms with Crippen LogP contribution in [0.1, 0.15) is 16.3 Å². The highest BCUT2D eigenvalue weighted by atomic mass is 32.1. The number of anilines is 1. The normalized spacial score (nSPS) is 11.3. The molecule has 0 fully saturated rings. The van der Waals surface area contributed by atoms with Crippen molar-refractivity contribution in [2.24, 2.45) is 0 Å². The second-order valence-corrected chi connectivity index (χ2v) is 7.41. The number of carbonyl (C=O) groups is 1. The molecule has 0 aliphatic heterocycles. The molecule has 132 valence electrons. The molecule has 0 bridgehead atoms. The summed E-state index contributed by atoms with van der Waals surface area (Å²) in [6, 6.07) is 9.40. The molecule has 3 aromatic heterocycles. The number of carbonyl (C=O) groups excluding carboxylic acids is 1. The van der Waals surface area contributed by atoms with Gasteiger partial charge in [0.15, 0.2) is 0 Å². The fourth-order valence-electron chi connectivity index (χ4n) is 2.94. The minimum absolute atomic E-state index is 0.0370. The molecule has 4 aromatic rings. The fourth-order valence-corrected chi connectivity index (χ4v) is 3.68. The molecule has 8 heteroatoms. The number of hydrogen-bond donors (Lipinski definition) is 1. The Kier molecular flexibility index (Phi) is 3.84. The first-order chi connectivity index (χ1) is 12.4. The minimum atomic E-state index is -0.259. The van der Waals surface area contributed by atoms with Crippen molar-refractivity contribution >= 4 is 38.9 Å². The Balaban J connectivity index is 1.72. The van der Waals surface area contributed by atoms with Crippen LogP contribution in [0.2, 0.25) is 0 Å². The fraction of sp³-hybridized carbons (Fsp3) is 0.222. The van der Waals surface area contributed by atoms with Crippen LogP contribution in [-0.2, 0) is 11.3 Å². The SMILES string of the molecule is Cc1ccc(NC(=O)Cn2c(C)cc3nc4sc(C)nn4c(=O)c32)cc1. The van der Waals surface area contributed by atoms with Crippen molar-refractivity contribution in [3.05, 3.63) is 57.0 Å². The predicted octanol–water partition coefficient (Wildman–Crippen LogP) is 2.67. The van der Waals surface area contributed by atoms with Crippen molar-refractivity contribution in [3.63, 3.8) is 0 Å². The molecule has 0 aliphatic carbocycles. The summed E-state index contributed by atoms with van der Waals surface area (Å²) in [5.74, 6) is -0.201. The van der Waals surface area contributed by atoms with Crippen LogP contribution in [0.25, 0.3) is 16.0 Å². The van der Waals surface area contributed by atoms with Crippen molar-refractivity contribution in [1.29, 1.82) is 0 Å². The molecular weight excluding hydrogens is 350 g/mol. The Morgan fingerprint density at radius 3 is 2.65 bits per heavy atom. The first kappa shape index (κ1) is 16.5. The first-order valence-corrected chi connectivity index (χ1v) is 8.97. The van der Waals surface area contributed by atoms with Crippen LogP contribution in [0.15, 0.2) is 35.1 Å². The molecule has 1 N–H and O–H groups in total. The first-order valence-electron chi connectivity index (χ1n) is 8.15. The van der Waals surface area contributed by atoms with Crippen molar-refractivity contribution in [2.75, 3.05) is 5.32 Å². The van der Waals surface area contributed by atoms with Gasteiger partial charge in [0, 0.05) is 11.4 Å². The minimum Gasteiger partial charge on any atom is -0.330 e. The topological polar surface area (TPSA) is 81.3 Å². The Bertz CT molecular complexity index is 1200. The number of nitrogens with one attached hydrogen (secondary N) is 1. The number of aromatic nitrogens is 4. The van der Waals surface area contributed by atoms with E-state index < -0.39 is 0 Å². The molecule has 0 saturated carbocycles. The van der Waals surface area contributed by atoms with Gasteiger partial charge in [0.25, 0.3) is 5.56 Å². The van der Waals surface area contributed by atoms with Crippen molar-refractivity contribution in [3.8, 4) is 0 Å². The maximum absolute atomic E-state index is 12.8. The van der Waals surface area contributed by atoms with E-state index in [1.165, 1.54) is 15.9 Å². The molecule has 26 heavy (non-hydrogen) atoms. The van der Waals surface area contributed by atoms with Gasteiger partial charge in [0.05, 0.1) is 5.52 Å². The largest absolute Gasteiger partial charge is 0.330 e. The van der Waals surface area contributed by atoms with Crippen LogP contribution < -0.4 is 10.9 Å². The lowest BCUT2D eigenvalue weighted by atomic mass is 10.2. The lowest BCUT2D eigenvalue weighted by molar-refractivity contribution is -0.116. The highest BCUT2D eigenvalue weighted by Gasteiger charge is 2.17. The van der Waals surface area contributed by atoms with Crippen LogP contribution in [0, 0.1) is 20.8 Å².